The van der Waals surface area contributed by atoms with Crippen LogP contribution in [0.1, 0.15) is 28.9 Å². The molecule has 0 radical (unpaired) electrons. The largest absolute Gasteiger partial charge is 0.324 e. The van der Waals surface area contributed by atoms with Crippen molar-refractivity contribution < 1.29 is 4.79 Å². The predicted molar refractivity (Wildman–Crippen MR) is 106 cm³/mol. The normalized spacial score (nSPS) is 12.1. The van der Waals surface area contributed by atoms with Crippen LogP contribution < -0.4 is 11.1 Å². The maximum Gasteiger partial charge on any atom is 0.255 e. The number of carbonyl (C=O) groups excluding carboxylic acids is 1. The molecule has 0 aliphatic carbocycles. The second-order valence-electron chi connectivity index (χ2n) is 6.40. The molecule has 1 amide bonds. The van der Waals surface area contributed by atoms with Crippen molar-refractivity contribution in [1.29, 1.82) is 0 Å². The van der Waals surface area contributed by atoms with Gasteiger partial charge in [0.05, 0.1) is 17.3 Å². The number of anilines is 1. The van der Waals surface area contributed by atoms with Gasteiger partial charge in [-0.3, -0.25) is 9.89 Å². The summed E-state index contributed by atoms with van der Waals surface area (Å²) >= 11 is 0. The van der Waals surface area contributed by atoms with Gasteiger partial charge in [-0.15, -0.1) is 0 Å². The van der Waals surface area contributed by atoms with Gasteiger partial charge in [-0.1, -0.05) is 36.4 Å². The smallest absolute Gasteiger partial charge is 0.255 e. The van der Waals surface area contributed by atoms with Gasteiger partial charge >= 0.3 is 0 Å². The summed E-state index contributed by atoms with van der Waals surface area (Å²) in [6.45, 7) is 1.94. The standard InChI is InChI=1S/C21H19N5O/c1-13(22)16-8-7-15(11-17(16)14-5-3-2-4-6-14)21(27)25-19-9-10-23-20-18(19)12-24-26-20/h2-13H,22H2,1H3,(H2,23,24,25,26,27). The highest BCUT2D eigenvalue weighted by Crippen LogP contribution is 2.29. The van der Waals surface area contributed by atoms with Crippen LogP contribution in [0.4, 0.5) is 5.69 Å². The molecule has 4 rings (SSSR count). The topological polar surface area (TPSA) is 96.7 Å². The minimum atomic E-state index is -0.197. The van der Waals surface area contributed by atoms with Gasteiger partial charge in [0.15, 0.2) is 5.65 Å². The zero-order valence-electron chi connectivity index (χ0n) is 14.8. The molecule has 134 valence electrons. The fraction of sp³-hybridized carbons (Fsp3) is 0.0952. The average Bonchev–Trinajstić information content (AvgIpc) is 3.18. The van der Waals surface area contributed by atoms with Gasteiger partial charge in [0, 0.05) is 17.8 Å². The number of pyridine rings is 1. The average molecular weight is 357 g/mol. The molecule has 1 atom stereocenters. The summed E-state index contributed by atoms with van der Waals surface area (Å²) in [5.74, 6) is -0.197. The number of amides is 1. The number of rotatable bonds is 4. The van der Waals surface area contributed by atoms with E-state index in [4.69, 9.17) is 5.73 Å². The number of nitrogens with one attached hydrogen (secondary N) is 2. The van der Waals surface area contributed by atoms with Crippen molar-refractivity contribution >= 4 is 22.6 Å². The second kappa shape index (κ2) is 7.01. The Morgan fingerprint density at radius 1 is 1.15 bits per heavy atom. The molecule has 0 aliphatic rings. The summed E-state index contributed by atoms with van der Waals surface area (Å²) in [4.78, 5) is 17.0. The Hall–Kier alpha value is -3.51. The van der Waals surface area contributed by atoms with E-state index in [2.05, 4.69) is 20.5 Å². The fourth-order valence-electron chi connectivity index (χ4n) is 3.12. The lowest BCUT2D eigenvalue weighted by Gasteiger charge is -2.15. The first-order valence-electron chi connectivity index (χ1n) is 8.68. The summed E-state index contributed by atoms with van der Waals surface area (Å²) in [5.41, 5.74) is 11.0. The molecule has 4 aromatic rings. The van der Waals surface area contributed by atoms with E-state index < -0.39 is 0 Å². The quantitative estimate of drug-likeness (QED) is 0.516. The number of hydrogen-bond donors (Lipinski definition) is 3. The Labute approximate surface area is 156 Å². The summed E-state index contributed by atoms with van der Waals surface area (Å²) in [7, 11) is 0. The van der Waals surface area contributed by atoms with Crippen LogP contribution in [0.15, 0.2) is 67.0 Å². The zero-order valence-corrected chi connectivity index (χ0v) is 14.8. The predicted octanol–water partition coefficient (Wildman–Crippen LogP) is 3.90. The van der Waals surface area contributed by atoms with Crippen molar-refractivity contribution in [3.05, 3.63) is 78.1 Å². The lowest BCUT2D eigenvalue weighted by Crippen LogP contribution is -2.14. The summed E-state index contributed by atoms with van der Waals surface area (Å²) in [6, 6.07) is 17.2. The van der Waals surface area contributed by atoms with E-state index >= 15 is 0 Å². The minimum absolute atomic E-state index is 0.136. The molecule has 2 aromatic heterocycles. The molecule has 0 fully saturated rings. The number of H-pyrrole nitrogens is 1. The highest BCUT2D eigenvalue weighted by atomic mass is 16.1. The second-order valence-corrected chi connectivity index (χ2v) is 6.40. The molecule has 0 saturated heterocycles. The molecular weight excluding hydrogens is 338 g/mol. The third-order valence-corrected chi connectivity index (χ3v) is 4.49. The minimum Gasteiger partial charge on any atom is -0.324 e. The third-order valence-electron chi connectivity index (χ3n) is 4.49. The van der Waals surface area contributed by atoms with Crippen molar-refractivity contribution in [3.8, 4) is 11.1 Å². The monoisotopic (exact) mass is 357 g/mol. The Balaban J connectivity index is 1.71. The van der Waals surface area contributed by atoms with Gasteiger partial charge in [0.2, 0.25) is 0 Å². The molecule has 2 aromatic carbocycles. The van der Waals surface area contributed by atoms with Gasteiger partial charge < -0.3 is 11.1 Å². The van der Waals surface area contributed by atoms with Gasteiger partial charge in [-0.05, 0) is 41.8 Å². The van der Waals surface area contributed by atoms with Crippen molar-refractivity contribution in [2.75, 3.05) is 5.32 Å². The highest BCUT2D eigenvalue weighted by molar-refractivity contribution is 6.08. The van der Waals surface area contributed by atoms with E-state index in [9.17, 15) is 4.79 Å². The molecule has 0 bridgehead atoms. The van der Waals surface area contributed by atoms with E-state index in [1.165, 1.54) is 0 Å². The third kappa shape index (κ3) is 3.30. The molecule has 2 heterocycles. The van der Waals surface area contributed by atoms with Gasteiger partial charge in [0.25, 0.3) is 5.91 Å². The molecule has 4 N–H and O–H groups in total. The van der Waals surface area contributed by atoms with E-state index in [0.717, 1.165) is 22.1 Å². The van der Waals surface area contributed by atoms with E-state index in [1.54, 1.807) is 24.5 Å². The SMILES string of the molecule is CC(N)c1ccc(C(=O)Nc2ccnc3[nH]ncc23)cc1-c1ccccc1. The number of carbonyl (C=O) groups is 1. The van der Waals surface area contributed by atoms with Gasteiger partial charge in [-0.25, -0.2) is 4.98 Å². The van der Waals surface area contributed by atoms with Crippen LogP contribution in [0.2, 0.25) is 0 Å². The fourth-order valence-corrected chi connectivity index (χ4v) is 3.12. The van der Waals surface area contributed by atoms with Crippen molar-refractivity contribution in [1.82, 2.24) is 15.2 Å². The number of nitrogens with zero attached hydrogens (tertiary/aromatic N) is 2. The van der Waals surface area contributed by atoms with Crippen LogP contribution >= 0.6 is 0 Å². The van der Waals surface area contributed by atoms with E-state index in [-0.39, 0.29) is 11.9 Å². The first-order valence-corrected chi connectivity index (χ1v) is 8.68. The Bertz CT molecular complexity index is 1100. The van der Waals surface area contributed by atoms with Crippen LogP contribution in [-0.4, -0.2) is 21.1 Å². The van der Waals surface area contributed by atoms with Gasteiger partial charge in [0.1, 0.15) is 0 Å². The Morgan fingerprint density at radius 2 is 1.96 bits per heavy atom. The van der Waals surface area contributed by atoms with Crippen LogP contribution in [0.5, 0.6) is 0 Å². The van der Waals surface area contributed by atoms with Gasteiger partial charge in [-0.2, -0.15) is 5.10 Å². The molecule has 0 saturated carbocycles. The molecule has 0 spiro atoms. The number of aromatic nitrogens is 3. The van der Waals surface area contributed by atoms with Crippen LogP contribution in [0.25, 0.3) is 22.2 Å². The highest BCUT2D eigenvalue weighted by Gasteiger charge is 2.15. The summed E-state index contributed by atoms with van der Waals surface area (Å²) < 4.78 is 0. The molecule has 6 nitrogen and oxygen atoms in total. The van der Waals surface area contributed by atoms with Crippen molar-refractivity contribution in [2.24, 2.45) is 5.73 Å². The van der Waals surface area contributed by atoms with Crippen LogP contribution in [-0.2, 0) is 0 Å². The first kappa shape index (κ1) is 16.9. The number of fused-ring (bicyclic) bond motifs is 1. The Morgan fingerprint density at radius 3 is 2.74 bits per heavy atom. The lowest BCUT2D eigenvalue weighted by molar-refractivity contribution is 0.102. The summed E-state index contributed by atoms with van der Waals surface area (Å²) in [6.07, 6.45) is 3.28. The lowest BCUT2D eigenvalue weighted by atomic mass is 9.93. The van der Waals surface area contributed by atoms with Crippen LogP contribution in [0, 0.1) is 0 Å². The number of aromatic amines is 1. The maximum absolute atomic E-state index is 12.9. The number of nitrogens with two attached hydrogens (primary N) is 1. The number of benzene rings is 2. The van der Waals surface area contributed by atoms with E-state index in [1.807, 2.05) is 49.4 Å². The van der Waals surface area contributed by atoms with E-state index in [0.29, 0.717) is 16.9 Å². The zero-order chi connectivity index (χ0) is 18.8. The first-order chi connectivity index (χ1) is 13.1. The molecule has 6 heteroatoms. The molecule has 27 heavy (non-hydrogen) atoms. The summed E-state index contributed by atoms with van der Waals surface area (Å²) in [5, 5.41) is 10.5. The molecule has 1 unspecified atom stereocenters. The Kier molecular flexibility index (Phi) is 4.40. The molecule has 0 aliphatic heterocycles. The number of hydrogen-bond acceptors (Lipinski definition) is 4. The molecular formula is C21H19N5O. The van der Waals surface area contributed by atoms with Crippen LogP contribution in [0.3, 0.4) is 0 Å². The van der Waals surface area contributed by atoms with Crippen molar-refractivity contribution in [3.63, 3.8) is 0 Å². The maximum atomic E-state index is 12.9. The van der Waals surface area contributed by atoms with Crippen molar-refractivity contribution in [2.45, 2.75) is 13.0 Å².